The van der Waals surface area contributed by atoms with Crippen molar-refractivity contribution < 1.29 is 29.4 Å². The van der Waals surface area contributed by atoms with Crippen molar-refractivity contribution in [1.82, 2.24) is 10.2 Å². The Morgan fingerprint density at radius 2 is 1.08 bits per heavy atom. The Balaban J connectivity index is 1.90. The number of unbranched alkanes of at least 4 members (excludes halogenated alkanes) is 15. The topological polar surface area (TPSA) is 124 Å². The van der Waals surface area contributed by atoms with Gasteiger partial charge in [0.1, 0.15) is 6.04 Å². The normalized spacial score (nSPS) is 14.8. The molecule has 220 valence electrons. The van der Waals surface area contributed by atoms with Crippen LogP contribution < -0.4 is 5.32 Å². The van der Waals surface area contributed by atoms with Crippen molar-refractivity contribution in [2.75, 3.05) is 13.1 Å². The Morgan fingerprint density at radius 1 is 0.684 bits per heavy atom. The molecule has 3 N–H and O–H groups in total. The van der Waals surface area contributed by atoms with Crippen LogP contribution in [0.15, 0.2) is 0 Å². The molecule has 0 spiro atoms. The molecule has 8 heteroatoms. The fraction of sp³-hybridized carbons (Fsp3) is 0.867. The number of amides is 2. The summed E-state index contributed by atoms with van der Waals surface area (Å²) in [6, 6.07) is -0.835. The highest BCUT2D eigenvalue weighted by Gasteiger charge is 2.29. The summed E-state index contributed by atoms with van der Waals surface area (Å²) < 4.78 is 0. The third-order valence-corrected chi connectivity index (χ3v) is 7.77. The van der Waals surface area contributed by atoms with Gasteiger partial charge in [-0.2, -0.15) is 0 Å². The summed E-state index contributed by atoms with van der Waals surface area (Å²) in [5, 5.41) is 20.3. The lowest BCUT2D eigenvalue weighted by Gasteiger charge is -2.32. The Hall–Kier alpha value is -2.12. The van der Waals surface area contributed by atoms with Crippen LogP contribution >= 0.6 is 0 Å². The first-order valence-electron chi connectivity index (χ1n) is 15.4. The molecule has 1 rings (SSSR count). The van der Waals surface area contributed by atoms with Gasteiger partial charge in [0.2, 0.25) is 11.8 Å². The smallest absolute Gasteiger partial charge is 0.326 e. The van der Waals surface area contributed by atoms with Crippen LogP contribution in [0, 0.1) is 5.92 Å². The molecular formula is C30H54N2O6. The highest BCUT2D eigenvalue weighted by molar-refractivity contribution is 5.85. The Bertz CT molecular complexity index is 676. The Kier molecular flexibility index (Phi) is 19.4. The van der Waals surface area contributed by atoms with Gasteiger partial charge in [0.25, 0.3) is 0 Å². The van der Waals surface area contributed by atoms with Crippen LogP contribution in [0.25, 0.3) is 0 Å². The first kappa shape index (κ1) is 33.9. The quantitative estimate of drug-likeness (QED) is 0.131. The Morgan fingerprint density at radius 3 is 1.45 bits per heavy atom. The number of carbonyl (C=O) groups is 4. The third-order valence-electron chi connectivity index (χ3n) is 7.77. The average molecular weight is 539 g/mol. The molecule has 2 amide bonds. The lowest BCUT2D eigenvalue weighted by molar-refractivity contribution is -0.143. The zero-order valence-corrected chi connectivity index (χ0v) is 23.9. The third kappa shape index (κ3) is 16.7. The maximum absolute atomic E-state index is 12.5. The van der Waals surface area contributed by atoms with Gasteiger partial charge in [-0.1, -0.05) is 96.8 Å². The number of nitrogens with one attached hydrogen (secondary N) is 1. The number of piperidine rings is 1. The second-order valence-electron chi connectivity index (χ2n) is 11.0. The van der Waals surface area contributed by atoms with E-state index in [-0.39, 0.29) is 17.7 Å². The van der Waals surface area contributed by atoms with E-state index < -0.39 is 18.0 Å². The number of carboxylic acid groups (broad SMARTS) is 2. The molecule has 1 unspecified atom stereocenters. The van der Waals surface area contributed by atoms with Crippen LogP contribution in [0.4, 0.5) is 0 Å². The van der Waals surface area contributed by atoms with Gasteiger partial charge in [-0.25, -0.2) is 4.79 Å². The van der Waals surface area contributed by atoms with Gasteiger partial charge in [-0.15, -0.1) is 0 Å². The largest absolute Gasteiger partial charge is 0.481 e. The summed E-state index contributed by atoms with van der Waals surface area (Å²) in [6.07, 6.45) is 21.6. The number of carbonyl (C=O) groups excluding carboxylic acids is 2. The lowest BCUT2D eigenvalue weighted by Crippen LogP contribution is -2.47. The van der Waals surface area contributed by atoms with Crippen LogP contribution in [-0.2, 0) is 19.2 Å². The van der Waals surface area contributed by atoms with Crippen molar-refractivity contribution in [1.29, 1.82) is 0 Å². The van der Waals surface area contributed by atoms with Gasteiger partial charge in [0.15, 0.2) is 0 Å². The molecular weight excluding hydrogens is 484 g/mol. The summed E-state index contributed by atoms with van der Waals surface area (Å²) in [7, 11) is 0. The predicted molar refractivity (Wildman–Crippen MR) is 150 cm³/mol. The lowest BCUT2D eigenvalue weighted by atomic mass is 9.95. The van der Waals surface area contributed by atoms with E-state index >= 15 is 0 Å². The number of likely N-dealkylation sites (tertiary alicyclic amines) is 1. The van der Waals surface area contributed by atoms with E-state index in [9.17, 15) is 19.2 Å². The van der Waals surface area contributed by atoms with E-state index in [1.165, 1.54) is 70.6 Å². The number of aliphatic carboxylic acids is 2. The van der Waals surface area contributed by atoms with Crippen LogP contribution in [0.3, 0.4) is 0 Å². The minimum Gasteiger partial charge on any atom is -0.481 e. The molecule has 0 radical (unpaired) electrons. The van der Waals surface area contributed by atoms with Gasteiger partial charge in [-0.05, 0) is 32.1 Å². The van der Waals surface area contributed by atoms with Crippen molar-refractivity contribution >= 4 is 23.8 Å². The molecule has 0 aliphatic carbocycles. The fourth-order valence-corrected chi connectivity index (χ4v) is 5.20. The minimum atomic E-state index is -1.00. The number of hydrogen-bond acceptors (Lipinski definition) is 4. The molecule has 1 aliphatic rings. The predicted octanol–water partition coefficient (Wildman–Crippen LogP) is 6.31. The van der Waals surface area contributed by atoms with Crippen LogP contribution in [-0.4, -0.2) is 58.0 Å². The standard InChI is InChI=1S/C30H54N2O6/c1-2-26(30(37)38)31-29(36)25-21-23-32(24-22-25)27(33)19-17-15-13-11-9-7-5-3-4-6-8-10-12-14-16-18-20-28(34)35/h25-26H,2-24H2,1H3,(H,31,36)(H,34,35)(H,37,38). The monoisotopic (exact) mass is 538 g/mol. The summed E-state index contributed by atoms with van der Waals surface area (Å²) >= 11 is 0. The second-order valence-corrected chi connectivity index (χ2v) is 11.0. The molecule has 1 heterocycles. The van der Waals surface area contributed by atoms with E-state index in [1.807, 2.05) is 4.90 Å². The van der Waals surface area contributed by atoms with Gasteiger partial charge in [0.05, 0.1) is 0 Å². The number of carboxylic acids is 2. The first-order chi connectivity index (χ1) is 18.3. The maximum atomic E-state index is 12.5. The van der Waals surface area contributed by atoms with Crippen molar-refractivity contribution in [3.8, 4) is 0 Å². The SMILES string of the molecule is CCC(NC(=O)C1CCN(C(=O)CCCCCCCCCCCCCCCCCCC(=O)O)CC1)C(=O)O. The van der Waals surface area contributed by atoms with Crippen molar-refractivity contribution in [2.24, 2.45) is 5.92 Å². The van der Waals surface area contributed by atoms with Gasteiger partial charge >= 0.3 is 11.9 Å². The number of hydrogen-bond donors (Lipinski definition) is 3. The summed E-state index contributed by atoms with van der Waals surface area (Å²) in [4.78, 5) is 48.3. The first-order valence-corrected chi connectivity index (χ1v) is 15.4. The van der Waals surface area contributed by atoms with Gasteiger partial charge in [0, 0.05) is 31.8 Å². The van der Waals surface area contributed by atoms with Crippen molar-refractivity contribution in [3.63, 3.8) is 0 Å². The van der Waals surface area contributed by atoms with Crippen LogP contribution in [0.2, 0.25) is 0 Å². The van der Waals surface area contributed by atoms with Crippen LogP contribution in [0.1, 0.15) is 142 Å². The van der Waals surface area contributed by atoms with Crippen molar-refractivity contribution in [2.45, 2.75) is 148 Å². The molecule has 1 fully saturated rings. The molecule has 0 aromatic heterocycles. The molecule has 0 aromatic carbocycles. The highest BCUT2D eigenvalue weighted by atomic mass is 16.4. The van der Waals surface area contributed by atoms with E-state index in [4.69, 9.17) is 10.2 Å². The molecule has 38 heavy (non-hydrogen) atoms. The van der Waals surface area contributed by atoms with E-state index in [0.717, 1.165) is 32.1 Å². The molecule has 1 aliphatic heterocycles. The molecule has 1 saturated heterocycles. The molecule has 0 aromatic rings. The zero-order chi connectivity index (χ0) is 28.0. The average Bonchev–Trinajstić information content (AvgIpc) is 2.90. The second kappa shape index (κ2) is 21.8. The van der Waals surface area contributed by atoms with Crippen LogP contribution in [0.5, 0.6) is 0 Å². The fourth-order valence-electron chi connectivity index (χ4n) is 5.20. The minimum absolute atomic E-state index is 0.180. The zero-order valence-electron chi connectivity index (χ0n) is 23.9. The molecule has 1 atom stereocenters. The summed E-state index contributed by atoms with van der Waals surface area (Å²) in [6.45, 7) is 2.90. The Labute approximate surface area is 230 Å². The summed E-state index contributed by atoms with van der Waals surface area (Å²) in [5.74, 6) is -1.92. The molecule has 0 saturated carbocycles. The van der Waals surface area contributed by atoms with E-state index in [2.05, 4.69) is 5.32 Å². The molecule has 0 bridgehead atoms. The van der Waals surface area contributed by atoms with E-state index in [1.54, 1.807) is 6.92 Å². The highest BCUT2D eigenvalue weighted by Crippen LogP contribution is 2.20. The van der Waals surface area contributed by atoms with Crippen molar-refractivity contribution in [3.05, 3.63) is 0 Å². The van der Waals surface area contributed by atoms with Gasteiger partial charge in [-0.3, -0.25) is 14.4 Å². The number of nitrogens with zero attached hydrogens (tertiary/aromatic N) is 1. The summed E-state index contributed by atoms with van der Waals surface area (Å²) in [5.41, 5.74) is 0. The molecule has 8 nitrogen and oxygen atoms in total. The van der Waals surface area contributed by atoms with Gasteiger partial charge < -0.3 is 20.4 Å². The number of rotatable bonds is 23. The van der Waals surface area contributed by atoms with E-state index in [0.29, 0.717) is 45.2 Å². The maximum Gasteiger partial charge on any atom is 0.326 e.